The van der Waals surface area contributed by atoms with Crippen molar-refractivity contribution in [3.63, 3.8) is 0 Å². The molecule has 1 aromatic heterocycles. The van der Waals surface area contributed by atoms with Gasteiger partial charge in [-0.25, -0.2) is 0 Å². The van der Waals surface area contributed by atoms with Crippen molar-refractivity contribution in [2.45, 2.75) is 39.2 Å². The van der Waals surface area contributed by atoms with Gasteiger partial charge < -0.3 is 24.8 Å². The van der Waals surface area contributed by atoms with E-state index < -0.39 is 0 Å². The van der Waals surface area contributed by atoms with Crippen molar-refractivity contribution < 1.29 is 23.6 Å². The maximum absolute atomic E-state index is 13.3. The Morgan fingerprint density at radius 3 is 2.36 bits per heavy atom. The molecule has 196 valence electrons. The van der Waals surface area contributed by atoms with E-state index >= 15 is 0 Å². The Balaban J connectivity index is 1.68. The number of quaternary nitrogens is 1. The highest BCUT2D eigenvalue weighted by molar-refractivity contribution is 7.10. The topological polar surface area (TPSA) is 87.7 Å². The van der Waals surface area contributed by atoms with E-state index in [1.54, 1.807) is 24.4 Å². The number of hydrogen-bond acceptors (Lipinski definition) is 5. The van der Waals surface area contributed by atoms with E-state index in [2.05, 4.69) is 10.6 Å². The normalized spacial score (nSPS) is 15.1. The molecular weight excluding hydrogens is 476 g/mol. The van der Waals surface area contributed by atoms with Gasteiger partial charge in [-0.05, 0) is 38.2 Å². The fourth-order valence-electron chi connectivity index (χ4n) is 4.68. The van der Waals surface area contributed by atoms with Crippen LogP contribution in [0.15, 0.2) is 35.7 Å². The summed E-state index contributed by atoms with van der Waals surface area (Å²) in [6.45, 7) is 5.35. The molecule has 3 amide bonds. The van der Waals surface area contributed by atoms with Gasteiger partial charge in [0, 0.05) is 37.5 Å². The summed E-state index contributed by atoms with van der Waals surface area (Å²) in [6.07, 6.45) is 4.21. The lowest BCUT2D eigenvalue weighted by atomic mass is 10.2. The number of aryl methyl sites for hydroxylation is 1. The molecule has 1 saturated heterocycles. The monoisotopic (exact) mass is 515 g/mol. The molecule has 2 N–H and O–H groups in total. The number of hydrogen-bond donors (Lipinski definition) is 2. The molecular formula is C27H39N4O4S+. The standard InChI is InChI=1S/C27H38N4O4S/c1-21-26(23(20-36-21)27(34)30(2)13-16-35-3)29-25(33)19-31(14-9-4-5-10-15-31)18-24(32)28-17-22-11-7-6-8-12-22/h6-8,11-12,20H,4-5,9-10,13-19H2,1-3H3,(H-,28,29,32,33)/p+1. The first-order valence-electron chi connectivity index (χ1n) is 12.6. The van der Waals surface area contributed by atoms with Crippen LogP contribution in [-0.2, 0) is 20.9 Å². The van der Waals surface area contributed by atoms with Crippen LogP contribution in [0.1, 0.15) is 46.5 Å². The number of thiophene rings is 1. The number of carbonyl (C=O) groups is 3. The Labute approximate surface area is 218 Å². The molecule has 3 rings (SSSR count). The molecule has 0 radical (unpaired) electrons. The van der Waals surface area contributed by atoms with Gasteiger partial charge in [-0.3, -0.25) is 14.4 Å². The second-order valence-corrected chi connectivity index (χ2v) is 10.7. The SMILES string of the molecule is COCCN(C)C(=O)c1csc(C)c1NC(=O)C[N+]1(CC(=O)NCc2ccccc2)CCCCCC1. The molecule has 0 aliphatic carbocycles. The van der Waals surface area contributed by atoms with E-state index in [4.69, 9.17) is 4.74 Å². The molecule has 0 unspecified atom stereocenters. The van der Waals surface area contributed by atoms with Crippen molar-refractivity contribution in [2.24, 2.45) is 0 Å². The number of benzene rings is 1. The van der Waals surface area contributed by atoms with Crippen molar-refractivity contribution in [3.05, 3.63) is 51.7 Å². The van der Waals surface area contributed by atoms with Crippen LogP contribution in [0.2, 0.25) is 0 Å². The van der Waals surface area contributed by atoms with Gasteiger partial charge in [0.25, 0.3) is 17.7 Å². The zero-order valence-corrected chi connectivity index (χ0v) is 22.5. The van der Waals surface area contributed by atoms with E-state index in [1.807, 2.05) is 37.3 Å². The minimum atomic E-state index is -0.164. The summed E-state index contributed by atoms with van der Waals surface area (Å²) in [4.78, 5) is 41.7. The number of rotatable bonds is 11. The molecule has 1 aromatic carbocycles. The van der Waals surface area contributed by atoms with Crippen LogP contribution in [0.3, 0.4) is 0 Å². The van der Waals surface area contributed by atoms with Crippen LogP contribution in [0.4, 0.5) is 5.69 Å². The van der Waals surface area contributed by atoms with Crippen LogP contribution in [-0.4, -0.2) is 80.6 Å². The summed E-state index contributed by atoms with van der Waals surface area (Å²) in [6, 6.07) is 9.83. The first-order valence-corrected chi connectivity index (χ1v) is 13.5. The number of likely N-dealkylation sites (N-methyl/N-ethyl adjacent to an activating group) is 1. The minimum Gasteiger partial charge on any atom is -0.383 e. The molecule has 1 fully saturated rings. The van der Waals surface area contributed by atoms with Gasteiger partial charge in [0.15, 0.2) is 13.1 Å². The van der Waals surface area contributed by atoms with Crippen molar-refractivity contribution in [3.8, 4) is 0 Å². The van der Waals surface area contributed by atoms with Crippen LogP contribution in [0, 0.1) is 6.92 Å². The van der Waals surface area contributed by atoms with Gasteiger partial charge in [-0.15, -0.1) is 11.3 Å². The highest BCUT2D eigenvalue weighted by Gasteiger charge is 2.34. The predicted molar refractivity (Wildman–Crippen MR) is 143 cm³/mol. The highest BCUT2D eigenvalue weighted by atomic mass is 32.1. The fourth-order valence-corrected chi connectivity index (χ4v) is 5.47. The number of nitrogens with one attached hydrogen (secondary N) is 2. The number of carbonyl (C=O) groups excluding carboxylic acids is 3. The lowest BCUT2D eigenvalue weighted by Gasteiger charge is -2.36. The average Bonchev–Trinajstić information content (AvgIpc) is 3.07. The molecule has 9 heteroatoms. The number of nitrogens with zero attached hydrogens (tertiary/aromatic N) is 2. The second kappa shape index (κ2) is 13.5. The van der Waals surface area contributed by atoms with Crippen molar-refractivity contribution in [2.75, 3.05) is 58.8 Å². The summed E-state index contributed by atoms with van der Waals surface area (Å²) in [7, 11) is 3.33. The Kier molecular flexibility index (Phi) is 10.5. The van der Waals surface area contributed by atoms with E-state index in [-0.39, 0.29) is 30.8 Å². The molecule has 2 aromatic rings. The highest BCUT2D eigenvalue weighted by Crippen LogP contribution is 2.29. The summed E-state index contributed by atoms with van der Waals surface area (Å²) >= 11 is 1.44. The Bertz CT molecular complexity index is 1020. The van der Waals surface area contributed by atoms with Gasteiger partial charge in [-0.1, -0.05) is 30.3 Å². The molecule has 8 nitrogen and oxygen atoms in total. The van der Waals surface area contributed by atoms with Crippen molar-refractivity contribution in [1.82, 2.24) is 10.2 Å². The Hall–Kier alpha value is -2.75. The molecule has 0 atom stereocenters. The van der Waals surface area contributed by atoms with Gasteiger partial charge in [0.2, 0.25) is 0 Å². The maximum Gasteiger partial charge on any atom is 0.279 e. The fraction of sp³-hybridized carbons (Fsp3) is 0.519. The van der Waals surface area contributed by atoms with Crippen LogP contribution >= 0.6 is 11.3 Å². The van der Waals surface area contributed by atoms with E-state index in [1.165, 1.54) is 11.3 Å². The molecule has 0 bridgehead atoms. The lowest BCUT2D eigenvalue weighted by molar-refractivity contribution is -0.912. The van der Waals surface area contributed by atoms with Crippen LogP contribution < -0.4 is 10.6 Å². The molecule has 1 aliphatic heterocycles. The van der Waals surface area contributed by atoms with Gasteiger partial charge in [0.05, 0.1) is 30.9 Å². The zero-order valence-electron chi connectivity index (χ0n) is 21.7. The number of ether oxygens (including phenoxy) is 1. The van der Waals surface area contributed by atoms with E-state index in [0.29, 0.717) is 35.4 Å². The number of likely N-dealkylation sites (tertiary alicyclic amines) is 1. The molecule has 0 saturated carbocycles. The van der Waals surface area contributed by atoms with E-state index in [9.17, 15) is 14.4 Å². The first kappa shape index (κ1) is 27.8. The maximum atomic E-state index is 13.3. The summed E-state index contributed by atoms with van der Waals surface area (Å²) in [5.41, 5.74) is 2.11. The predicted octanol–water partition coefficient (Wildman–Crippen LogP) is 3.42. The van der Waals surface area contributed by atoms with Gasteiger partial charge >= 0.3 is 0 Å². The summed E-state index contributed by atoms with van der Waals surface area (Å²) in [5.74, 6) is -0.357. The molecule has 0 spiro atoms. The second-order valence-electron chi connectivity index (χ2n) is 9.63. The third-order valence-electron chi connectivity index (χ3n) is 6.75. The minimum absolute atomic E-state index is 0.0455. The van der Waals surface area contributed by atoms with Crippen molar-refractivity contribution in [1.29, 1.82) is 0 Å². The average molecular weight is 516 g/mol. The van der Waals surface area contributed by atoms with Crippen molar-refractivity contribution >= 4 is 34.7 Å². The number of methoxy groups -OCH3 is 1. The summed E-state index contributed by atoms with van der Waals surface area (Å²) < 4.78 is 5.52. The third-order valence-corrected chi connectivity index (χ3v) is 7.66. The smallest absolute Gasteiger partial charge is 0.279 e. The first-order chi connectivity index (χ1) is 17.3. The van der Waals surface area contributed by atoms with Gasteiger partial charge in [0.1, 0.15) is 0 Å². The molecule has 2 heterocycles. The summed E-state index contributed by atoms with van der Waals surface area (Å²) in [5, 5.41) is 7.84. The number of anilines is 1. The van der Waals surface area contributed by atoms with E-state index in [0.717, 1.165) is 49.2 Å². The van der Waals surface area contributed by atoms with Crippen LogP contribution in [0.25, 0.3) is 0 Å². The third kappa shape index (κ3) is 7.88. The molecule has 1 aliphatic rings. The van der Waals surface area contributed by atoms with Gasteiger partial charge in [-0.2, -0.15) is 0 Å². The van der Waals surface area contributed by atoms with Crippen LogP contribution in [0.5, 0.6) is 0 Å². The Morgan fingerprint density at radius 1 is 1.03 bits per heavy atom. The number of amides is 3. The largest absolute Gasteiger partial charge is 0.383 e. The quantitative estimate of drug-likeness (QED) is 0.449. The lowest BCUT2D eigenvalue weighted by Crippen LogP contribution is -2.57. The zero-order chi connectivity index (χ0) is 26.0. The molecule has 36 heavy (non-hydrogen) atoms. The Morgan fingerprint density at radius 2 is 1.69 bits per heavy atom.